The summed E-state index contributed by atoms with van der Waals surface area (Å²) >= 11 is 0. The van der Waals surface area contributed by atoms with Crippen molar-refractivity contribution >= 4 is 5.69 Å². The van der Waals surface area contributed by atoms with E-state index in [-0.39, 0.29) is 0 Å². The summed E-state index contributed by atoms with van der Waals surface area (Å²) in [6, 6.07) is 8.39. The van der Waals surface area contributed by atoms with Crippen molar-refractivity contribution in [1.82, 2.24) is 4.90 Å². The van der Waals surface area contributed by atoms with E-state index in [0.29, 0.717) is 5.92 Å². The molecule has 0 aromatic heterocycles. The van der Waals surface area contributed by atoms with Crippen LogP contribution >= 0.6 is 0 Å². The number of piperazine rings is 1. The van der Waals surface area contributed by atoms with Gasteiger partial charge in [-0.05, 0) is 25.1 Å². The molecule has 0 unspecified atom stereocenters. The summed E-state index contributed by atoms with van der Waals surface area (Å²) in [4.78, 5) is 4.80. The summed E-state index contributed by atoms with van der Waals surface area (Å²) < 4.78 is 5.92. The predicted octanol–water partition coefficient (Wildman–Crippen LogP) is 2.47. The minimum atomic E-state index is 0.561. The number of para-hydroxylation sites is 2. The molecule has 1 saturated heterocycles. The highest BCUT2D eigenvalue weighted by molar-refractivity contribution is 5.58. The second-order valence-corrected chi connectivity index (χ2v) is 5.46. The zero-order valence-electron chi connectivity index (χ0n) is 11.7. The van der Waals surface area contributed by atoms with Crippen molar-refractivity contribution in [3.05, 3.63) is 24.3 Å². The molecule has 1 aromatic carbocycles. The van der Waals surface area contributed by atoms with Crippen LogP contribution < -0.4 is 9.64 Å². The minimum absolute atomic E-state index is 0.561. The fraction of sp³-hybridized carbons (Fsp3) is 0.600. The quantitative estimate of drug-likeness (QED) is 0.814. The van der Waals surface area contributed by atoms with Gasteiger partial charge in [-0.25, -0.2) is 0 Å². The average Bonchev–Trinajstić information content (AvgIpc) is 2.38. The van der Waals surface area contributed by atoms with Gasteiger partial charge in [0.05, 0.1) is 12.3 Å². The van der Waals surface area contributed by atoms with E-state index in [2.05, 4.69) is 55.0 Å². The normalized spacial score (nSPS) is 17.2. The summed E-state index contributed by atoms with van der Waals surface area (Å²) in [7, 11) is 2.18. The molecular weight excluding hydrogens is 224 g/mol. The van der Waals surface area contributed by atoms with Crippen LogP contribution in [0.4, 0.5) is 5.69 Å². The first kappa shape index (κ1) is 13.2. The Kier molecular flexibility index (Phi) is 4.48. The van der Waals surface area contributed by atoms with Gasteiger partial charge in [-0.1, -0.05) is 26.0 Å². The van der Waals surface area contributed by atoms with E-state index in [1.54, 1.807) is 0 Å². The lowest BCUT2D eigenvalue weighted by Crippen LogP contribution is -2.44. The summed E-state index contributed by atoms with van der Waals surface area (Å²) in [6.45, 7) is 9.55. The Labute approximate surface area is 110 Å². The summed E-state index contributed by atoms with van der Waals surface area (Å²) in [5.74, 6) is 1.58. The second-order valence-electron chi connectivity index (χ2n) is 5.46. The molecule has 3 nitrogen and oxygen atoms in total. The van der Waals surface area contributed by atoms with Gasteiger partial charge in [0.25, 0.3) is 0 Å². The number of anilines is 1. The van der Waals surface area contributed by atoms with Gasteiger partial charge >= 0.3 is 0 Å². The van der Waals surface area contributed by atoms with E-state index in [9.17, 15) is 0 Å². The standard InChI is InChI=1S/C15H24N2O/c1-13(2)12-18-15-7-5-4-6-14(15)17-10-8-16(3)9-11-17/h4-7,13H,8-12H2,1-3H3. The van der Waals surface area contributed by atoms with Gasteiger partial charge in [-0.15, -0.1) is 0 Å². The van der Waals surface area contributed by atoms with Gasteiger partial charge in [-0.2, -0.15) is 0 Å². The SMILES string of the molecule is CC(C)COc1ccccc1N1CCN(C)CC1. The highest BCUT2D eigenvalue weighted by Crippen LogP contribution is 2.29. The summed E-state index contributed by atoms with van der Waals surface area (Å²) in [5.41, 5.74) is 1.24. The summed E-state index contributed by atoms with van der Waals surface area (Å²) in [6.07, 6.45) is 0. The molecule has 0 amide bonds. The zero-order valence-corrected chi connectivity index (χ0v) is 11.7. The van der Waals surface area contributed by atoms with Crippen molar-refractivity contribution in [1.29, 1.82) is 0 Å². The van der Waals surface area contributed by atoms with Crippen LogP contribution in [0.5, 0.6) is 5.75 Å². The Morgan fingerprint density at radius 1 is 1.11 bits per heavy atom. The molecule has 1 aliphatic heterocycles. The molecule has 1 aliphatic rings. The number of likely N-dealkylation sites (N-methyl/N-ethyl adjacent to an activating group) is 1. The Bertz CT molecular complexity index is 371. The van der Waals surface area contributed by atoms with Gasteiger partial charge in [-0.3, -0.25) is 0 Å². The molecule has 1 fully saturated rings. The van der Waals surface area contributed by atoms with Gasteiger partial charge in [0, 0.05) is 26.2 Å². The van der Waals surface area contributed by atoms with Crippen LogP contribution in [0.15, 0.2) is 24.3 Å². The molecule has 1 aromatic rings. The monoisotopic (exact) mass is 248 g/mol. The van der Waals surface area contributed by atoms with Crippen LogP contribution in [0.25, 0.3) is 0 Å². The van der Waals surface area contributed by atoms with Gasteiger partial charge in [0.1, 0.15) is 5.75 Å². The van der Waals surface area contributed by atoms with Crippen LogP contribution in [0.1, 0.15) is 13.8 Å². The molecular formula is C15H24N2O. The average molecular weight is 248 g/mol. The first-order valence-electron chi connectivity index (χ1n) is 6.82. The minimum Gasteiger partial charge on any atom is -0.491 e. The van der Waals surface area contributed by atoms with Gasteiger partial charge in [0.2, 0.25) is 0 Å². The van der Waals surface area contributed by atoms with Crippen molar-refractivity contribution in [2.75, 3.05) is 44.7 Å². The first-order chi connectivity index (χ1) is 8.66. The van der Waals surface area contributed by atoms with Crippen LogP contribution in [-0.2, 0) is 0 Å². The van der Waals surface area contributed by atoms with E-state index in [1.807, 2.05) is 0 Å². The van der Waals surface area contributed by atoms with E-state index in [4.69, 9.17) is 4.74 Å². The topological polar surface area (TPSA) is 15.7 Å². The molecule has 0 radical (unpaired) electrons. The van der Waals surface area contributed by atoms with Gasteiger partial charge < -0.3 is 14.5 Å². The van der Waals surface area contributed by atoms with E-state index in [1.165, 1.54) is 5.69 Å². The second kappa shape index (κ2) is 6.10. The molecule has 0 bridgehead atoms. The molecule has 0 N–H and O–H groups in total. The van der Waals surface area contributed by atoms with Gasteiger partial charge in [0.15, 0.2) is 0 Å². The number of benzene rings is 1. The maximum atomic E-state index is 5.92. The van der Waals surface area contributed by atoms with Crippen molar-refractivity contribution in [2.24, 2.45) is 5.92 Å². The largest absolute Gasteiger partial charge is 0.491 e. The number of hydrogen-bond acceptors (Lipinski definition) is 3. The number of nitrogens with zero attached hydrogens (tertiary/aromatic N) is 2. The van der Waals surface area contributed by atoms with Crippen LogP contribution in [0.2, 0.25) is 0 Å². The molecule has 0 aliphatic carbocycles. The molecule has 0 saturated carbocycles. The maximum Gasteiger partial charge on any atom is 0.142 e. The van der Waals surface area contributed by atoms with Crippen molar-refractivity contribution in [2.45, 2.75) is 13.8 Å². The third kappa shape index (κ3) is 3.39. The van der Waals surface area contributed by atoms with Crippen LogP contribution in [0.3, 0.4) is 0 Å². The van der Waals surface area contributed by atoms with Crippen molar-refractivity contribution in [3.63, 3.8) is 0 Å². The predicted molar refractivity (Wildman–Crippen MR) is 76.5 cm³/mol. The Hall–Kier alpha value is -1.22. The molecule has 100 valence electrons. The smallest absolute Gasteiger partial charge is 0.142 e. The van der Waals surface area contributed by atoms with Crippen LogP contribution in [-0.4, -0.2) is 44.7 Å². The molecule has 3 heteroatoms. The third-order valence-electron chi connectivity index (χ3n) is 3.28. The maximum absolute atomic E-state index is 5.92. The lowest BCUT2D eigenvalue weighted by atomic mass is 10.2. The summed E-state index contributed by atoms with van der Waals surface area (Å²) in [5, 5.41) is 0. The fourth-order valence-corrected chi connectivity index (χ4v) is 2.14. The number of ether oxygens (including phenoxy) is 1. The zero-order chi connectivity index (χ0) is 13.0. The molecule has 0 atom stereocenters. The third-order valence-corrected chi connectivity index (χ3v) is 3.28. The molecule has 0 spiro atoms. The van der Waals surface area contributed by atoms with E-state index < -0.39 is 0 Å². The number of rotatable bonds is 4. The molecule has 18 heavy (non-hydrogen) atoms. The van der Waals surface area contributed by atoms with Crippen LogP contribution in [0, 0.1) is 5.92 Å². The highest BCUT2D eigenvalue weighted by atomic mass is 16.5. The lowest BCUT2D eigenvalue weighted by Gasteiger charge is -2.34. The van der Waals surface area contributed by atoms with E-state index >= 15 is 0 Å². The molecule has 1 heterocycles. The van der Waals surface area contributed by atoms with Crippen molar-refractivity contribution < 1.29 is 4.74 Å². The molecule has 2 rings (SSSR count). The number of hydrogen-bond donors (Lipinski definition) is 0. The van der Waals surface area contributed by atoms with Crippen molar-refractivity contribution in [3.8, 4) is 5.75 Å². The first-order valence-corrected chi connectivity index (χ1v) is 6.82. The highest BCUT2D eigenvalue weighted by Gasteiger charge is 2.17. The fourth-order valence-electron chi connectivity index (χ4n) is 2.14. The lowest BCUT2D eigenvalue weighted by molar-refractivity contribution is 0.268. The Morgan fingerprint density at radius 2 is 1.78 bits per heavy atom. The van der Waals surface area contributed by atoms with E-state index in [0.717, 1.165) is 38.5 Å². The Balaban J connectivity index is 2.07. The Morgan fingerprint density at radius 3 is 2.44 bits per heavy atom.